The Bertz CT molecular complexity index is 514. The number of nitrogens with two attached hydrogens (primary N) is 1. The van der Waals surface area contributed by atoms with Crippen molar-refractivity contribution in [1.82, 2.24) is 4.90 Å². The fourth-order valence-electron chi connectivity index (χ4n) is 2.57. The molecule has 1 fully saturated rings. The second-order valence-electron chi connectivity index (χ2n) is 5.62. The number of benzene rings is 1. The summed E-state index contributed by atoms with van der Waals surface area (Å²) in [5, 5.41) is 3.30. The number of carbonyl (C=O) groups is 1. The number of hydrogen-bond acceptors (Lipinski definition) is 4. The molecule has 0 saturated carbocycles. The van der Waals surface area contributed by atoms with Gasteiger partial charge in [0.25, 0.3) is 0 Å². The van der Waals surface area contributed by atoms with Gasteiger partial charge in [0.05, 0.1) is 29.0 Å². The Kier molecular flexibility index (Phi) is 5.08. The van der Waals surface area contributed by atoms with Crippen molar-refractivity contribution in [1.29, 1.82) is 0 Å². The maximum atomic E-state index is 12.4. The van der Waals surface area contributed by atoms with Crippen molar-refractivity contribution in [3.8, 4) is 0 Å². The molecule has 3 unspecified atom stereocenters. The summed E-state index contributed by atoms with van der Waals surface area (Å²) in [5.74, 6) is -0.0806. The first-order valence-corrected chi connectivity index (χ1v) is 7.50. The van der Waals surface area contributed by atoms with Crippen LogP contribution in [0.1, 0.15) is 20.8 Å². The monoisotopic (exact) mass is 311 g/mol. The van der Waals surface area contributed by atoms with Crippen LogP contribution in [0.25, 0.3) is 0 Å². The highest BCUT2D eigenvalue weighted by Gasteiger charge is 2.29. The molecule has 2 rings (SSSR count). The van der Waals surface area contributed by atoms with Gasteiger partial charge in [-0.2, -0.15) is 0 Å². The number of ether oxygens (including phenoxy) is 1. The standard InChI is InChI=1S/C15H22ClN3O2/c1-9-7-19(8-10(2)21-9)11(3)15(20)18-14-5-4-12(17)6-13(14)16/h4-6,9-11H,7-8,17H2,1-3H3,(H,18,20). The number of nitrogens with zero attached hydrogens (tertiary/aromatic N) is 1. The zero-order chi connectivity index (χ0) is 15.6. The van der Waals surface area contributed by atoms with Crippen LogP contribution >= 0.6 is 11.6 Å². The molecule has 0 aliphatic carbocycles. The van der Waals surface area contributed by atoms with Crippen LogP contribution in [0.15, 0.2) is 18.2 Å². The van der Waals surface area contributed by atoms with E-state index in [4.69, 9.17) is 22.1 Å². The molecule has 1 aliphatic rings. The lowest BCUT2D eigenvalue weighted by Crippen LogP contribution is -2.52. The minimum Gasteiger partial charge on any atom is -0.399 e. The lowest BCUT2D eigenvalue weighted by molar-refractivity contribution is -0.126. The minimum atomic E-state index is -0.243. The van der Waals surface area contributed by atoms with Gasteiger partial charge in [0.2, 0.25) is 5.91 Å². The van der Waals surface area contributed by atoms with Gasteiger partial charge in [-0.1, -0.05) is 11.6 Å². The molecule has 1 aromatic rings. The summed E-state index contributed by atoms with van der Waals surface area (Å²) in [6, 6.07) is 4.81. The number of carbonyl (C=O) groups excluding carboxylic acids is 1. The van der Waals surface area contributed by atoms with Gasteiger partial charge in [-0.25, -0.2) is 0 Å². The van der Waals surface area contributed by atoms with Crippen molar-refractivity contribution < 1.29 is 9.53 Å². The largest absolute Gasteiger partial charge is 0.399 e. The lowest BCUT2D eigenvalue weighted by Gasteiger charge is -2.38. The molecule has 116 valence electrons. The molecule has 0 spiro atoms. The third-order valence-electron chi connectivity index (χ3n) is 3.63. The summed E-state index contributed by atoms with van der Waals surface area (Å²) in [7, 11) is 0. The average molecular weight is 312 g/mol. The molecule has 1 saturated heterocycles. The van der Waals surface area contributed by atoms with Gasteiger partial charge < -0.3 is 15.8 Å². The maximum absolute atomic E-state index is 12.4. The van der Waals surface area contributed by atoms with Crippen molar-refractivity contribution in [3.05, 3.63) is 23.2 Å². The number of halogens is 1. The molecule has 1 aliphatic heterocycles. The van der Waals surface area contributed by atoms with E-state index in [1.807, 2.05) is 20.8 Å². The van der Waals surface area contributed by atoms with Gasteiger partial charge in [0, 0.05) is 18.8 Å². The third-order valence-corrected chi connectivity index (χ3v) is 3.94. The summed E-state index contributed by atoms with van der Waals surface area (Å²) in [4.78, 5) is 14.5. The summed E-state index contributed by atoms with van der Waals surface area (Å²) in [6.45, 7) is 7.42. The quantitative estimate of drug-likeness (QED) is 0.841. The van der Waals surface area contributed by atoms with Crippen LogP contribution in [0.3, 0.4) is 0 Å². The number of hydrogen-bond donors (Lipinski definition) is 2. The second kappa shape index (κ2) is 6.64. The number of amides is 1. The summed E-state index contributed by atoms with van der Waals surface area (Å²) in [6.07, 6.45) is 0.258. The van der Waals surface area contributed by atoms with Gasteiger partial charge in [-0.15, -0.1) is 0 Å². The first-order chi connectivity index (χ1) is 9.86. The van der Waals surface area contributed by atoms with Crippen LogP contribution in [-0.2, 0) is 9.53 Å². The molecule has 0 aromatic heterocycles. The summed E-state index contributed by atoms with van der Waals surface area (Å²) < 4.78 is 5.69. The first kappa shape index (κ1) is 16.1. The molecule has 0 bridgehead atoms. The van der Waals surface area contributed by atoms with Gasteiger partial charge in [-0.05, 0) is 39.0 Å². The van der Waals surface area contributed by atoms with E-state index in [0.717, 1.165) is 13.1 Å². The molecule has 21 heavy (non-hydrogen) atoms. The second-order valence-corrected chi connectivity index (χ2v) is 6.02. The van der Waals surface area contributed by atoms with E-state index in [1.54, 1.807) is 18.2 Å². The van der Waals surface area contributed by atoms with Gasteiger partial charge in [-0.3, -0.25) is 9.69 Å². The van der Waals surface area contributed by atoms with Gasteiger partial charge >= 0.3 is 0 Å². The fraction of sp³-hybridized carbons (Fsp3) is 0.533. The van der Waals surface area contributed by atoms with Crippen molar-refractivity contribution in [2.75, 3.05) is 24.1 Å². The van der Waals surface area contributed by atoms with Crippen LogP contribution in [0.5, 0.6) is 0 Å². The number of rotatable bonds is 3. The fourth-order valence-corrected chi connectivity index (χ4v) is 2.81. The minimum absolute atomic E-state index is 0.0806. The van der Waals surface area contributed by atoms with Crippen molar-refractivity contribution in [3.63, 3.8) is 0 Å². The smallest absolute Gasteiger partial charge is 0.241 e. The van der Waals surface area contributed by atoms with E-state index in [0.29, 0.717) is 16.4 Å². The maximum Gasteiger partial charge on any atom is 0.241 e. The highest BCUT2D eigenvalue weighted by Crippen LogP contribution is 2.24. The number of anilines is 2. The summed E-state index contributed by atoms with van der Waals surface area (Å²) in [5.41, 5.74) is 6.80. The lowest BCUT2D eigenvalue weighted by atomic mass is 10.1. The Labute approximate surface area is 130 Å². The molecular weight excluding hydrogens is 290 g/mol. The first-order valence-electron chi connectivity index (χ1n) is 7.12. The number of nitrogen functional groups attached to an aromatic ring is 1. The Balaban J connectivity index is 2.02. The van der Waals surface area contributed by atoms with E-state index in [9.17, 15) is 4.79 Å². The number of morpholine rings is 1. The molecule has 1 amide bonds. The Morgan fingerprint density at radius 2 is 2.05 bits per heavy atom. The predicted molar refractivity (Wildman–Crippen MR) is 85.5 cm³/mol. The summed E-state index contributed by atoms with van der Waals surface area (Å²) >= 11 is 6.08. The van der Waals surface area contributed by atoms with Crippen molar-refractivity contribution in [2.45, 2.75) is 39.0 Å². The Morgan fingerprint density at radius 1 is 1.43 bits per heavy atom. The topological polar surface area (TPSA) is 67.6 Å². The third kappa shape index (κ3) is 4.09. The van der Waals surface area contributed by atoms with E-state index < -0.39 is 0 Å². The SMILES string of the molecule is CC1CN(C(C)C(=O)Nc2ccc(N)cc2Cl)CC(C)O1. The zero-order valence-corrected chi connectivity index (χ0v) is 13.4. The van der Waals surface area contributed by atoms with E-state index >= 15 is 0 Å². The average Bonchev–Trinajstić information content (AvgIpc) is 2.40. The van der Waals surface area contributed by atoms with Gasteiger partial charge in [0.15, 0.2) is 0 Å². The van der Waals surface area contributed by atoms with Crippen LogP contribution in [-0.4, -0.2) is 42.1 Å². The van der Waals surface area contributed by atoms with Crippen LogP contribution in [0.2, 0.25) is 5.02 Å². The highest BCUT2D eigenvalue weighted by molar-refractivity contribution is 6.34. The number of nitrogens with one attached hydrogen (secondary N) is 1. The normalized spacial score (nSPS) is 24.6. The predicted octanol–water partition coefficient (Wildman–Crippen LogP) is 2.36. The van der Waals surface area contributed by atoms with E-state index in [2.05, 4.69) is 10.2 Å². The van der Waals surface area contributed by atoms with Crippen LogP contribution in [0, 0.1) is 0 Å². The van der Waals surface area contributed by atoms with E-state index in [1.165, 1.54) is 0 Å². The zero-order valence-electron chi connectivity index (χ0n) is 12.6. The molecule has 3 atom stereocenters. The molecule has 1 heterocycles. The van der Waals surface area contributed by atoms with Crippen molar-refractivity contribution in [2.24, 2.45) is 0 Å². The van der Waals surface area contributed by atoms with Crippen LogP contribution < -0.4 is 11.1 Å². The molecular formula is C15H22ClN3O2. The van der Waals surface area contributed by atoms with Crippen LogP contribution in [0.4, 0.5) is 11.4 Å². The molecule has 6 heteroatoms. The molecule has 5 nitrogen and oxygen atoms in total. The van der Waals surface area contributed by atoms with E-state index in [-0.39, 0.29) is 24.2 Å². The molecule has 1 aromatic carbocycles. The van der Waals surface area contributed by atoms with Gasteiger partial charge in [0.1, 0.15) is 0 Å². The molecule has 3 N–H and O–H groups in total. The Hall–Kier alpha value is -1.30. The Morgan fingerprint density at radius 3 is 2.62 bits per heavy atom. The van der Waals surface area contributed by atoms with Crippen molar-refractivity contribution >= 4 is 28.9 Å². The molecule has 0 radical (unpaired) electrons. The highest BCUT2D eigenvalue weighted by atomic mass is 35.5.